The van der Waals surface area contributed by atoms with Gasteiger partial charge in [-0.25, -0.2) is 4.98 Å². The van der Waals surface area contributed by atoms with Crippen LogP contribution in [-0.2, 0) is 22.9 Å². The second kappa shape index (κ2) is 9.65. The van der Waals surface area contributed by atoms with Crippen molar-refractivity contribution in [3.63, 3.8) is 0 Å². The molecule has 170 valence electrons. The highest BCUT2D eigenvalue weighted by Gasteiger charge is 2.27. The van der Waals surface area contributed by atoms with Gasteiger partial charge >= 0.3 is 0 Å². The molecule has 2 aromatic carbocycles. The first-order chi connectivity index (χ1) is 15.9. The molecule has 0 saturated heterocycles. The van der Waals surface area contributed by atoms with Gasteiger partial charge in [-0.15, -0.1) is 0 Å². The van der Waals surface area contributed by atoms with Gasteiger partial charge in [-0.05, 0) is 72.0 Å². The normalized spacial score (nSPS) is 14.5. The fourth-order valence-corrected chi connectivity index (χ4v) is 4.24. The van der Waals surface area contributed by atoms with Crippen molar-refractivity contribution in [3.8, 4) is 5.75 Å². The number of methoxy groups -OCH3 is 1. The third-order valence-corrected chi connectivity index (χ3v) is 5.83. The standard InChI is InChI=1S/C26H26ClN3O3/c1-17-12-20(13-18(2)24(17)32-4)14-21-23-22(10-11-29(3)25(21)31)28-26(27)30(23)16-33-15-19-8-6-5-7-9-19/h5-14H,15-16H2,1-4H3/b21-14+. The Labute approximate surface area is 198 Å². The van der Waals surface area contributed by atoms with Gasteiger partial charge in [0.2, 0.25) is 5.28 Å². The van der Waals surface area contributed by atoms with Gasteiger partial charge in [-0.2, -0.15) is 0 Å². The second-order valence-corrected chi connectivity index (χ2v) is 8.32. The number of imidazole rings is 1. The van der Waals surface area contributed by atoms with Gasteiger partial charge in [-0.3, -0.25) is 9.36 Å². The fourth-order valence-electron chi connectivity index (χ4n) is 4.02. The molecule has 0 spiro atoms. The highest BCUT2D eigenvalue weighted by molar-refractivity contribution is 6.30. The molecule has 7 heteroatoms. The lowest BCUT2D eigenvalue weighted by molar-refractivity contribution is -0.121. The number of amides is 1. The first-order valence-electron chi connectivity index (χ1n) is 10.6. The van der Waals surface area contributed by atoms with Crippen LogP contribution in [0.4, 0.5) is 0 Å². The van der Waals surface area contributed by atoms with Gasteiger partial charge in [0.25, 0.3) is 5.91 Å². The maximum absolute atomic E-state index is 13.3. The van der Waals surface area contributed by atoms with Crippen LogP contribution in [0.25, 0.3) is 17.7 Å². The smallest absolute Gasteiger partial charge is 0.259 e. The summed E-state index contributed by atoms with van der Waals surface area (Å²) in [6, 6.07) is 13.9. The molecule has 6 nitrogen and oxygen atoms in total. The first kappa shape index (κ1) is 22.8. The largest absolute Gasteiger partial charge is 0.496 e. The van der Waals surface area contributed by atoms with E-state index in [0.717, 1.165) is 28.0 Å². The second-order valence-electron chi connectivity index (χ2n) is 7.98. The lowest BCUT2D eigenvalue weighted by Gasteiger charge is -2.16. The number of aryl methyl sites for hydroxylation is 2. The fraction of sp³-hybridized carbons (Fsp3) is 0.231. The van der Waals surface area contributed by atoms with Crippen LogP contribution >= 0.6 is 11.6 Å². The minimum absolute atomic E-state index is 0.156. The zero-order valence-corrected chi connectivity index (χ0v) is 19.9. The van der Waals surface area contributed by atoms with Gasteiger partial charge in [0.15, 0.2) is 0 Å². The Morgan fingerprint density at radius 3 is 2.48 bits per heavy atom. The number of aromatic nitrogens is 2. The summed E-state index contributed by atoms with van der Waals surface area (Å²) >= 11 is 6.48. The van der Waals surface area contributed by atoms with E-state index < -0.39 is 0 Å². The zero-order chi connectivity index (χ0) is 23.5. The van der Waals surface area contributed by atoms with Gasteiger partial charge in [0.1, 0.15) is 12.5 Å². The maximum Gasteiger partial charge on any atom is 0.259 e. The molecule has 0 fully saturated rings. The highest BCUT2D eigenvalue weighted by atomic mass is 35.5. The molecule has 1 aliphatic heterocycles. The molecule has 0 radical (unpaired) electrons. The predicted molar refractivity (Wildman–Crippen MR) is 131 cm³/mol. The molecule has 33 heavy (non-hydrogen) atoms. The maximum atomic E-state index is 13.3. The van der Waals surface area contributed by atoms with Crippen molar-refractivity contribution in [1.29, 1.82) is 0 Å². The molecule has 2 heterocycles. The molecule has 0 bridgehead atoms. The molecule has 0 atom stereocenters. The van der Waals surface area contributed by atoms with E-state index in [1.807, 2.05) is 62.4 Å². The van der Waals surface area contributed by atoms with Crippen LogP contribution in [0, 0.1) is 13.8 Å². The number of fused-ring (bicyclic) bond motifs is 1. The molecule has 3 aromatic rings. The van der Waals surface area contributed by atoms with Gasteiger partial charge in [0.05, 0.1) is 30.7 Å². The molecule has 1 amide bonds. The van der Waals surface area contributed by atoms with Crippen LogP contribution in [0.1, 0.15) is 33.6 Å². The van der Waals surface area contributed by atoms with E-state index in [-0.39, 0.29) is 17.9 Å². The van der Waals surface area contributed by atoms with Gasteiger partial charge in [0, 0.05) is 13.2 Å². The Morgan fingerprint density at radius 1 is 1.12 bits per heavy atom. The Morgan fingerprint density at radius 2 is 1.82 bits per heavy atom. The molecule has 0 saturated carbocycles. The number of ether oxygens (including phenoxy) is 2. The number of likely N-dealkylation sites (N-methyl/N-ethyl adjacent to an activating group) is 1. The number of hydrogen-bond donors (Lipinski definition) is 0. The van der Waals surface area contributed by atoms with Crippen molar-refractivity contribution >= 4 is 35.2 Å². The number of nitrogens with zero attached hydrogens (tertiary/aromatic N) is 3. The number of rotatable bonds is 6. The monoisotopic (exact) mass is 463 g/mol. The summed E-state index contributed by atoms with van der Waals surface area (Å²) in [5.41, 5.74) is 5.67. The summed E-state index contributed by atoms with van der Waals surface area (Å²) in [5.74, 6) is 0.684. The molecular weight excluding hydrogens is 438 g/mol. The third-order valence-electron chi connectivity index (χ3n) is 5.54. The van der Waals surface area contributed by atoms with Crippen LogP contribution in [0.3, 0.4) is 0 Å². The molecule has 0 aliphatic carbocycles. The summed E-state index contributed by atoms with van der Waals surface area (Å²) in [6.45, 7) is 4.56. The summed E-state index contributed by atoms with van der Waals surface area (Å²) in [5, 5.41) is 0.267. The minimum atomic E-state index is -0.156. The van der Waals surface area contributed by atoms with Crippen LogP contribution in [0.15, 0.2) is 48.7 Å². The molecule has 1 aromatic heterocycles. The highest BCUT2D eigenvalue weighted by Crippen LogP contribution is 2.32. The Balaban J connectivity index is 1.75. The molecular formula is C26H26ClN3O3. The van der Waals surface area contributed by atoms with E-state index in [1.165, 1.54) is 0 Å². The van der Waals surface area contributed by atoms with E-state index in [4.69, 9.17) is 21.1 Å². The van der Waals surface area contributed by atoms with Crippen LogP contribution in [0.2, 0.25) is 5.28 Å². The molecule has 0 N–H and O–H groups in total. The summed E-state index contributed by atoms with van der Waals surface area (Å²) in [7, 11) is 3.38. The van der Waals surface area contributed by atoms with Crippen molar-refractivity contribution in [3.05, 3.63) is 87.6 Å². The molecule has 1 aliphatic rings. The van der Waals surface area contributed by atoms with E-state index in [2.05, 4.69) is 4.98 Å². The lowest BCUT2D eigenvalue weighted by atomic mass is 10.0. The number of benzene rings is 2. The SMILES string of the molecule is COc1c(C)cc(/C=C2/C(=O)N(C)C=Cc3nc(Cl)n(COCc4ccccc4)c32)cc1C. The Hall–Kier alpha value is -3.35. The van der Waals surface area contributed by atoms with E-state index >= 15 is 0 Å². The zero-order valence-electron chi connectivity index (χ0n) is 19.1. The summed E-state index contributed by atoms with van der Waals surface area (Å²) in [4.78, 5) is 19.3. The van der Waals surface area contributed by atoms with Crippen molar-refractivity contribution in [2.75, 3.05) is 14.2 Å². The summed E-state index contributed by atoms with van der Waals surface area (Å²) < 4.78 is 13.1. The van der Waals surface area contributed by atoms with Gasteiger partial charge in [-0.1, -0.05) is 30.3 Å². The average molecular weight is 464 g/mol. The van der Waals surface area contributed by atoms with Crippen molar-refractivity contribution < 1.29 is 14.3 Å². The Kier molecular flexibility index (Phi) is 6.67. The predicted octanol–water partition coefficient (Wildman–Crippen LogP) is 5.32. The topological polar surface area (TPSA) is 56.6 Å². The molecule has 4 rings (SSSR count). The quantitative estimate of drug-likeness (QED) is 0.464. The first-order valence-corrected chi connectivity index (χ1v) is 11.0. The van der Waals surface area contributed by atoms with Gasteiger partial charge < -0.3 is 14.4 Å². The van der Waals surface area contributed by atoms with Crippen LogP contribution < -0.4 is 4.74 Å². The van der Waals surface area contributed by atoms with E-state index in [1.54, 1.807) is 35.9 Å². The number of carbonyl (C=O) groups excluding carboxylic acids is 1. The van der Waals surface area contributed by atoms with E-state index in [9.17, 15) is 4.79 Å². The van der Waals surface area contributed by atoms with Crippen LogP contribution in [-0.4, -0.2) is 34.5 Å². The van der Waals surface area contributed by atoms with Crippen LogP contribution in [0.5, 0.6) is 5.75 Å². The number of carbonyl (C=O) groups is 1. The lowest BCUT2D eigenvalue weighted by Crippen LogP contribution is -2.22. The number of hydrogen-bond acceptors (Lipinski definition) is 4. The van der Waals surface area contributed by atoms with Crippen molar-refractivity contribution in [2.24, 2.45) is 0 Å². The number of halogens is 1. The summed E-state index contributed by atoms with van der Waals surface area (Å²) in [6.07, 6.45) is 5.36. The average Bonchev–Trinajstić information content (AvgIpc) is 3.05. The molecule has 0 unspecified atom stereocenters. The minimum Gasteiger partial charge on any atom is -0.496 e. The van der Waals surface area contributed by atoms with E-state index in [0.29, 0.717) is 23.6 Å². The Bertz CT molecular complexity index is 1220. The van der Waals surface area contributed by atoms with Crippen molar-refractivity contribution in [1.82, 2.24) is 14.5 Å². The van der Waals surface area contributed by atoms with Crippen molar-refractivity contribution in [2.45, 2.75) is 27.2 Å². The third kappa shape index (κ3) is 4.72.